The summed E-state index contributed by atoms with van der Waals surface area (Å²) in [5.74, 6) is -1.47. The van der Waals surface area contributed by atoms with Crippen LogP contribution < -0.4 is 15.1 Å². The molecule has 0 saturated carbocycles. The number of fused-ring (bicyclic) bond motifs is 2. The fourth-order valence-electron chi connectivity index (χ4n) is 4.58. The van der Waals surface area contributed by atoms with Crippen LogP contribution >= 0.6 is 23.1 Å². The number of carbonyl (C=O) groups is 3. The number of nitrogens with one attached hydrogen (secondary N) is 1. The van der Waals surface area contributed by atoms with E-state index in [0.29, 0.717) is 16.4 Å². The number of amides is 3. The first-order valence-corrected chi connectivity index (χ1v) is 12.6. The number of anilines is 2. The molecule has 3 amide bonds. The molecule has 2 aromatic carbocycles. The fourth-order valence-corrected chi connectivity index (χ4v) is 7.62. The van der Waals surface area contributed by atoms with Gasteiger partial charge in [0.15, 0.2) is 0 Å². The fraction of sp³-hybridized carbons (Fsp3) is 0.280. The Balaban J connectivity index is 1.48. The normalized spacial score (nSPS) is 20.7. The van der Waals surface area contributed by atoms with Gasteiger partial charge in [-0.15, -0.1) is 0 Å². The van der Waals surface area contributed by atoms with Crippen LogP contribution in [0.1, 0.15) is 24.3 Å². The molecule has 0 spiro atoms. The third kappa shape index (κ3) is 3.59. The summed E-state index contributed by atoms with van der Waals surface area (Å²) >= 11 is 2.27. The Morgan fingerprint density at radius 2 is 1.68 bits per heavy atom. The molecule has 3 heterocycles. The molecule has 5 rings (SSSR count). The molecule has 2 atom stereocenters. The van der Waals surface area contributed by atoms with E-state index >= 15 is 0 Å². The summed E-state index contributed by atoms with van der Waals surface area (Å²) in [6.07, 6.45) is 0. The maximum absolute atomic E-state index is 13.5. The smallest absolute Gasteiger partial charge is 0.308 e. The largest absolute Gasteiger partial charge is 0.325 e. The molecule has 2 aliphatic rings. The minimum atomic E-state index is -0.734. The number of aryl methyl sites for hydroxylation is 1. The summed E-state index contributed by atoms with van der Waals surface area (Å²) in [4.78, 5) is 54.2. The highest BCUT2D eigenvalue weighted by atomic mass is 32.2. The monoisotopic (exact) mass is 493 g/mol. The van der Waals surface area contributed by atoms with Gasteiger partial charge in [-0.1, -0.05) is 72.8 Å². The number of aromatic nitrogens is 1. The molecule has 1 N–H and O–H groups in total. The van der Waals surface area contributed by atoms with Gasteiger partial charge in [-0.2, -0.15) is 0 Å². The van der Waals surface area contributed by atoms with Crippen molar-refractivity contribution in [2.24, 2.45) is 5.92 Å². The van der Waals surface area contributed by atoms with Crippen molar-refractivity contribution in [1.29, 1.82) is 0 Å². The van der Waals surface area contributed by atoms with Crippen molar-refractivity contribution in [2.75, 3.05) is 10.2 Å². The Morgan fingerprint density at radius 3 is 2.35 bits per heavy atom. The van der Waals surface area contributed by atoms with E-state index in [0.717, 1.165) is 21.8 Å². The van der Waals surface area contributed by atoms with Crippen molar-refractivity contribution in [3.8, 4) is 0 Å². The minimum Gasteiger partial charge on any atom is -0.325 e. The van der Waals surface area contributed by atoms with E-state index in [9.17, 15) is 19.2 Å². The molecular formula is C25H23N3O4S2. The third-order valence-electron chi connectivity index (χ3n) is 6.35. The molecule has 3 aromatic rings. The minimum absolute atomic E-state index is 0.163. The summed E-state index contributed by atoms with van der Waals surface area (Å²) < 4.78 is 1.42. The SMILES string of the molecule is Cc1ccc(N2C(=O)[C@H]3Sc4c(sc(=O)n4CC(=O)Nc4ccccc4)C(C)(C)[C@H]3C2=O)cc1. The number of imide groups is 1. The Morgan fingerprint density at radius 1 is 1.00 bits per heavy atom. The number of carbonyl (C=O) groups excluding carboxylic acids is 3. The number of thiazole rings is 1. The molecule has 9 heteroatoms. The standard InChI is InChI=1S/C25H23N3O4S2/c1-14-9-11-16(12-10-14)28-21(30)18-19(22(28)31)33-23-20(25(18,2)3)34-24(32)27(23)13-17(29)26-15-7-5-4-6-8-15/h4-12,18-19H,13H2,1-3H3,(H,26,29)/t18-,19+/m1/s1. The van der Waals surface area contributed by atoms with Crippen LogP contribution in [0, 0.1) is 12.8 Å². The van der Waals surface area contributed by atoms with Crippen molar-refractivity contribution in [2.45, 2.75) is 43.0 Å². The van der Waals surface area contributed by atoms with Gasteiger partial charge in [-0.3, -0.25) is 23.7 Å². The van der Waals surface area contributed by atoms with E-state index in [1.807, 2.05) is 51.1 Å². The Bertz CT molecular complexity index is 1360. The lowest BCUT2D eigenvalue weighted by molar-refractivity contribution is -0.123. The Kier molecular flexibility index (Phi) is 5.49. The van der Waals surface area contributed by atoms with Gasteiger partial charge in [-0.25, -0.2) is 4.90 Å². The summed E-state index contributed by atoms with van der Waals surface area (Å²) in [6, 6.07) is 16.3. The van der Waals surface area contributed by atoms with Gasteiger partial charge in [0.1, 0.15) is 11.8 Å². The van der Waals surface area contributed by atoms with Crippen LogP contribution in [0.2, 0.25) is 0 Å². The summed E-state index contributed by atoms with van der Waals surface area (Å²) in [7, 11) is 0. The van der Waals surface area contributed by atoms with Crippen molar-refractivity contribution in [3.05, 3.63) is 74.7 Å². The Labute approximate surface area is 204 Å². The lowest BCUT2D eigenvalue weighted by atomic mass is 9.76. The average Bonchev–Trinajstić information content (AvgIpc) is 3.24. The highest BCUT2D eigenvalue weighted by Gasteiger charge is 2.59. The molecular weight excluding hydrogens is 470 g/mol. The van der Waals surface area contributed by atoms with E-state index < -0.39 is 16.6 Å². The number of para-hydroxylation sites is 1. The van der Waals surface area contributed by atoms with Crippen LogP contribution in [0.3, 0.4) is 0 Å². The molecule has 0 bridgehead atoms. The Hall–Kier alpha value is -3.17. The number of benzene rings is 2. The summed E-state index contributed by atoms with van der Waals surface area (Å²) in [5.41, 5.74) is 1.50. The second-order valence-electron chi connectivity index (χ2n) is 9.09. The first-order chi connectivity index (χ1) is 16.2. The zero-order valence-electron chi connectivity index (χ0n) is 18.9. The molecule has 1 fully saturated rings. The lowest BCUT2D eigenvalue weighted by Crippen LogP contribution is -2.41. The second-order valence-corrected chi connectivity index (χ2v) is 11.2. The van der Waals surface area contributed by atoms with E-state index in [2.05, 4.69) is 5.32 Å². The first kappa shape index (κ1) is 22.6. The van der Waals surface area contributed by atoms with Gasteiger partial charge in [0.2, 0.25) is 17.7 Å². The van der Waals surface area contributed by atoms with Gasteiger partial charge in [0.05, 0.1) is 16.6 Å². The molecule has 7 nitrogen and oxygen atoms in total. The highest BCUT2D eigenvalue weighted by Crippen LogP contribution is 2.54. The lowest BCUT2D eigenvalue weighted by Gasteiger charge is -2.36. The number of nitrogens with zero attached hydrogens (tertiary/aromatic N) is 2. The molecule has 0 radical (unpaired) electrons. The van der Waals surface area contributed by atoms with Crippen LogP contribution in [0.4, 0.5) is 11.4 Å². The van der Waals surface area contributed by atoms with E-state index in [-0.39, 0.29) is 29.1 Å². The van der Waals surface area contributed by atoms with Crippen molar-refractivity contribution in [1.82, 2.24) is 4.57 Å². The molecule has 1 aromatic heterocycles. The molecule has 174 valence electrons. The zero-order valence-corrected chi connectivity index (χ0v) is 20.5. The highest BCUT2D eigenvalue weighted by molar-refractivity contribution is 8.00. The van der Waals surface area contributed by atoms with Crippen molar-refractivity contribution in [3.63, 3.8) is 0 Å². The maximum Gasteiger partial charge on any atom is 0.308 e. The van der Waals surface area contributed by atoms with Crippen molar-refractivity contribution < 1.29 is 14.4 Å². The summed E-state index contributed by atoms with van der Waals surface area (Å²) in [5, 5.41) is 2.73. The van der Waals surface area contributed by atoms with Crippen LogP contribution in [-0.4, -0.2) is 27.5 Å². The maximum atomic E-state index is 13.5. The van der Waals surface area contributed by atoms with Crippen LogP contribution in [0.25, 0.3) is 0 Å². The van der Waals surface area contributed by atoms with Crippen LogP contribution in [0.15, 0.2) is 64.4 Å². The molecule has 0 unspecified atom stereocenters. The van der Waals surface area contributed by atoms with E-state index in [4.69, 9.17) is 0 Å². The number of hydrogen-bond donors (Lipinski definition) is 1. The van der Waals surface area contributed by atoms with E-state index in [1.54, 1.807) is 24.3 Å². The first-order valence-electron chi connectivity index (χ1n) is 10.9. The molecule has 34 heavy (non-hydrogen) atoms. The summed E-state index contributed by atoms with van der Waals surface area (Å²) in [6.45, 7) is 5.58. The predicted molar refractivity (Wildman–Crippen MR) is 133 cm³/mol. The quantitative estimate of drug-likeness (QED) is 0.559. The molecule has 0 aliphatic carbocycles. The number of hydrogen-bond acceptors (Lipinski definition) is 6. The van der Waals surface area contributed by atoms with Crippen LogP contribution in [0.5, 0.6) is 0 Å². The average molecular weight is 494 g/mol. The predicted octanol–water partition coefficient (Wildman–Crippen LogP) is 3.80. The topological polar surface area (TPSA) is 88.5 Å². The van der Waals surface area contributed by atoms with Gasteiger partial charge in [-0.05, 0) is 31.2 Å². The van der Waals surface area contributed by atoms with Gasteiger partial charge < -0.3 is 5.32 Å². The second kappa shape index (κ2) is 8.25. The van der Waals surface area contributed by atoms with Gasteiger partial charge in [0.25, 0.3) is 0 Å². The van der Waals surface area contributed by atoms with E-state index in [1.165, 1.54) is 21.2 Å². The van der Waals surface area contributed by atoms with Crippen molar-refractivity contribution >= 4 is 52.2 Å². The zero-order chi connectivity index (χ0) is 24.2. The number of rotatable bonds is 4. The van der Waals surface area contributed by atoms with Gasteiger partial charge >= 0.3 is 4.87 Å². The van der Waals surface area contributed by atoms with Crippen LogP contribution in [-0.2, 0) is 26.3 Å². The third-order valence-corrected chi connectivity index (χ3v) is 9.18. The molecule has 1 saturated heterocycles. The van der Waals surface area contributed by atoms with Gasteiger partial charge in [0, 0.05) is 16.0 Å². The number of thioether (sulfide) groups is 1. The molecule has 2 aliphatic heterocycles.